The molecule has 0 saturated heterocycles. The highest BCUT2D eigenvalue weighted by Gasteiger charge is 2.10. The van der Waals surface area contributed by atoms with Crippen molar-refractivity contribution < 1.29 is 4.79 Å². The molecule has 5 heteroatoms. The van der Waals surface area contributed by atoms with Crippen LogP contribution in [0.3, 0.4) is 0 Å². The SMILES string of the molecule is Cn1cncc1C(=O)Nc1ccccc1I. The van der Waals surface area contributed by atoms with Crippen LogP contribution in [0, 0.1) is 3.57 Å². The topological polar surface area (TPSA) is 46.9 Å². The van der Waals surface area contributed by atoms with Gasteiger partial charge in [-0.1, -0.05) is 12.1 Å². The number of aryl methyl sites for hydroxylation is 1. The summed E-state index contributed by atoms with van der Waals surface area (Å²) in [7, 11) is 1.79. The number of carbonyl (C=O) groups excluding carboxylic acids is 1. The average Bonchev–Trinajstić information content (AvgIpc) is 2.68. The zero-order chi connectivity index (χ0) is 11.5. The molecule has 1 heterocycles. The number of nitrogens with one attached hydrogen (secondary N) is 1. The molecule has 1 N–H and O–H groups in total. The van der Waals surface area contributed by atoms with Gasteiger partial charge >= 0.3 is 0 Å². The summed E-state index contributed by atoms with van der Waals surface area (Å²) in [4.78, 5) is 15.8. The molecule has 0 saturated carbocycles. The van der Waals surface area contributed by atoms with Crippen LogP contribution in [0.1, 0.15) is 10.5 Å². The highest BCUT2D eigenvalue weighted by molar-refractivity contribution is 14.1. The fraction of sp³-hybridized carbons (Fsp3) is 0.0909. The van der Waals surface area contributed by atoms with Gasteiger partial charge in [-0.15, -0.1) is 0 Å². The van der Waals surface area contributed by atoms with Crippen molar-refractivity contribution in [3.63, 3.8) is 0 Å². The van der Waals surface area contributed by atoms with Crippen molar-refractivity contribution in [2.24, 2.45) is 7.05 Å². The van der Waals surface area contributed by atoms with Gasteiger partial charge in [0, 0.05) is 10.6 Å². The lowest BCUT2D eigenvalue weighted by Crippen LogP contribution is -2.15. The molecule has 1 aromatic heterocycles. The van der Waals surface area contributed by atoms with Gasteiger partial charge in [0.15, 0.2) is 0 Å². The number of aromatic nitrogens is 2. The number of imidazole rings is 1. The number of hydrogen-bond acceptors (Lipinski definition) is 2. The Balaban J connectivity index is 2.21. The summed E-state index contributed by atoms with van der Waals surface area (Å²) < 4.78 is 2.70. The Kier molecular flexibility index (Phi) is 3.23. The van der Waals surface area contributed by atoms with Gasteiger partial charge in [0.25, 0.3) is 5.91 Å². The van der Waals surface area contributed by atoms with E-state index in [1.807, 2.05) is 24.3 Å². The summed E-state index contributed by atoms with van der Waals surface area (Å²) in [5.74, 6) is -0.149. The first-order valence-corrected chi connectivity index (χ1v) is 5.78. The van der Waals surface area contributed by atoms with E-state index in [4.69, 9.17) is 0 Å². The number of rotatable bonds is 2. The molecule has 82 valence electrons. The monoisotopic (exact) mass is 327 g/mol. The summed E-state index contributed by atoms with van der Waals surface area (Å²) in [5.41, 5.74) is 1.36. The summed E-state index contributed by atoms with van der Waals surface area (Å²) in [6, 6.07) is 7.64. The third-order valence-corrected chi connectivity index (χ3v) is 3.11. The molecular weight excluding hydrogens is 317 g/mol. The minimum Gasteiger partial charge on any atom is -0.330 e. The molecule has 2 rings (SSSR count). The molecule has 1 aromatic carbocycles. The molecule has 4 nitrogen and oxygen atoms in total. The predicted molar refractivity (Wildman–Crippen MR) is 70.3 cm³/mol. The Hall–Kier alpha value is -1.37. The summed E-state index contributed by atoms with van der Waals surface area (Å²) in [6.45, 7) is 0. The number of para-hydroxylation sites is 1. The Morgan fingerprint density at radius 2 is 2.19 bits per heavy atom. The van der Waals surface area contributed by atoms with E-state index in [0.29, 0.717) is 5.69 Å². The van der Waals surface area contributed by atoms with Crippen molar-refractivity contribution in [3.05, 3.63) is 46.1 Å². The van der Waals surface area contributed by atoms with Crippen LogP contribution >= 0.6 is 22.6 Å². The maximum atomic E-state index is 11.9. The molecule has 0 fully saturated rings. The van der Waals surface area contributed by atoms with Gasteiger partial charge < -0.3 is 9.88 Å². The van der Waals surface area contributed by atoms with E-state index in [2.05, 4.69) is 32.9 Å². The second-order valence-corrected chi connectivity index (χ2v) is 4.49. The number of benzene rings is 1. The van der Waals surface area contributed by atoms with Crippen LogP contribution in [0.2, 0.25) is 0 Å². The number of carbonyl (C=O) groups is 1. The zero-order valence-electron chi connectivity index (χ0n) is 8.64. The van der Waals surface area contributed by atoms with Crippen molar-refractivity contribution in [1.29, 1.82) is 0 Å². The van der Waals surface area contributed by atoms with Crippen molar-refractivity contribution in [1.82, 2.24) is 9.55 Å². The molecule has 16 heavy (non-hydrogen) atoms. The van der Waals surface area contributed by atoms with Crippen LogP contribution in [-0.4, -0.2) is 15.5 Å². The quantitative estimate of drug-likeness (QED) is 0.861. The Bertz CT molecular complexity index is 521. The van der Waals surface area contributed by atoms with Crippen molar-refractivity contribution >= 4 is 34.2 Å². The lowest BCUT2D eigenvalue weighted by molar-refractivity contribution is 0.101. The first-order valence-electron chi connectivity index (χ1n) is 4.70. The van der Waals surface area contributed by atoms with Gasteiger partial charge in [-0.3, -0.25) is 4.79 Å². The molecule has 0 aliphatic heterocycles. The van der Waals surface area contributed by atoms with Crippen LogP contribution in [-0.2, 0) is 7.05 Å². The lowest BCUT2D eigenvalue weighted by atomic mass is 10.3. The van der Waals surface area contributed by atoms with E-state index >= 15 is 0 Å². The van der Waals surface area contributed by atoms with E-state index in [1.165, 1.54) is 0 Å². The van der Waals surface area contributed by atoms with E-state index in [9.17, 15) is 4.79 Å². The Labute approximate surface area is 107 Å². The normalized spacial score (nSPS) is 10.1. The highest BCUT2D eigenvalue weighted by Crippen LogP contribution is 2.17. The maximum Gasteiger partial charge on any atom is 0.273 e. The number of hydrogen-bond donors (Lipinski definition) is 1. The van der Waals surface area contributed by atoms with Gasteiger partial charge in [-0.25, -0.2) is 4.98 Å². The smallest absolute Gasteiger partial charge is 0.273 e. The Morgan fingerprint density at radius 1 is 1.44 bits per heavy atom. The summed E-state index contributed by atoms with van der Waals surface area (Å²) in [6.07, 6.45) is 3.15. The van der Waals surface area contributed by atoms with Crippen molar-refractivity contribution in [2.75, 3.05) is 5.32 Å². The molecule has 0 spiro atoms. The van der Waals surface area contributed by atoms with Gasteiger partial charge in [0.05, 0.1) is 18.2 Å². The molecule has 0 aliphatic rings. The fourth-order valence-electron chi connectivity index (χ4n) is 1.32. The van der Waals surface area contributed by atoms with Crippen molar-refractivity contribution in [3.8, 4) is 0 Å². The number of nitrogens with zero attached hydrogens (tertiary/aromatic N) is 2. The molecule has 0 atom stereocenters. The predicted octanol–water partition coefficient (Wildman–Crippen LogP) is 2.28. The van der Waals surface area contributed by atoms with Crippen LogP contribution in [0.4, 0.5) is 5.69 Å². The van der Waals surface area contributed by atoms with Gasteiger partial charge in [-0.2, -0.15) is 0 Å². The summed E-state index contributed by atoms with van der Waals surface area (Å²) >= 11 is 2.18. The molecule has 2 aromatic rings. The molecule has 0 bridgehead atoms. The number of halogens is 1. The van der Waals surface area contributed by atoms with E-state index < -0.39 is 0 Å². The second-order valence-electron chi connectivity index (χ2n) is 3.32. The van der Waals surface area contributed by atoms with E-state index in [0.717, 1.165) is 9.26 Å². The molecule has 1 amide bonds. The van der Waals surface area contributed by atoms with Gasteiger partial charge in [-0.05, 0) is 34.7 Å². The molecule has 0 radical (unpaired) electrons. The van der Waals surface area contributed by atoms with E-state index in [-0.39, 0.29) is 5.91 Å². The molecular formula is C11H10IN3O. The minimum atomic E-state index is -0.149. The Morgan fingerprint density at radius 3 is 2.81 bits per heavy atom. The third kappa shape index (κ3) is 2.24. The van der Waals surface area contributed by atoms with Gasteiger partial charge in [0.1, 0.15) is 5.69 Å². The average molecular weight is 327 g/mol. The van der Waals surface area contributed by atoms with Crippen molar-refractivity contribution in [2.45, 2.75) is 0 Å². The number of amides is 1. The third-order valence-electron chi connectivity index (χ3n) is 2.17. The lowest BCUT2D eigenvalue weighted by Gasteiger charge is -2.06. The molecule has 0 aliphatic carbocycles. The fourth-order valence-corrected chi connectivity index (χ4v) is 1.85. The number of anilines is 1. The van der Waals surface area contributed by atoms with Gasteiger partial charge in [0.2, 0.25) is 0 Å². The van der Waals surface area contributed by atoms with Crippen LogP contribution in [0.15, 0.2) is 36.8 Å². The molecule has 0 unspecified atom stereocenters. The largest absolute Gasteiger partial charge is 0.330 e. The first-order chi connectivity index (χ1) is 7.68. The highest BCUT2D eigenvalue weighted by atomic mass is 127. The maximum absolute atomic E-state index is 11.9. The standard InChI is InChI=1S/C11H10IN3O/c1-15-7-13-6-10(15)11(16)14-9-5-3-2-4-8(9)12/h2-7H,1H3,(H,14,16). The second kappa shape index (κ2) is 4.65. The van der Waals surface area contributed by atoms with Crippen LogP contribution < -0.4 is 5.32 Å². The van der Waals surface area contributed by atoms with Crippen LogP contribution in [0.25, 0.3) is 0 Å². The minimum absolute atomic E-state index is 0.149. The first kappa shape index (κ1) is 11.1. The summed E-state index contributed by atoms with van der Waals surface area (Å²) in [5, 5.41) is 2.85. The van der Waals surface area contributed by atoms with Crippen LogP contribution in [0.5, 0.6) is 0 Å². The van der Waals surface area contributed by atoms with E-state index in [1.54, 1.807) is 24.1 Å². The zero-order valence-corrected chi connectivity index (χ0v) is 10.8.